The molecule has 31 nitrogen and oxygen atoms in total. The summed E-state index contributed by atoms with van der Waals surface area (Å²) in [6.45, 7) is -2.95. The highest BCUT2D eigenvalue weighted by molar-refractivity contribution is 5.82. The second-order valence-corrected chi connectivity index (χ2v) is 25.1. The third kappa shape index (κ3) is 16.4. The van der Waals surface area contributed by atoms with Crippen LogP contribution in [0.15, 0.2) is 24.3 Å². The molecular weight excluding hydrogens is 1180 g/mol. The summed E-state index contributed by atoms with van der Waals surface area (Å²) < 4.78 is 66.0. The number of esters is 2. The summed E-state index contributed by atoms with van der Waals surface area (Å²) in [4.78, 5) is 25.8. The largest absolute Gasteiger partial charge is 0.460 e. The normalized spacial score (nSPS) is 49.7. The van der Waals surface area contributed by atoms with Gasteiger partial charge in [-0.25, -0.2) is 9.59 Å². The minimum atomic E-state index is -2.05. The average molecular weight is 1270 g/mol. The molecule has 88 heavy (non-hydrogen) atoms. The Bertz CT molecular complexity index is 2160. The lowest BCUT2D eigenvalue weighted by Crippen LogP contribution is -2.64. The summed E-state index contributed by atoms with van der Waals surface area (Å²) in [5.41, 5.74) is 0. The second kappa shape index (κ2) is 31.1. The predicted octanol–water partition coefficient (Wildman–Crippen LogP) is -7.26. The lowest BCUT2D eigenvalue weighted by atomic mass is 9.72. The molecular formula is C57H90O31. The molecule has 4 aliphatic carbocycles. The van der Waals surface area contributed by atoms with Crippen LogP contribution in [0.5, 0.6) is 0 Å². The monoisotopic (exact) mass is 1270 g/mol. The van der Waals surface area contributed by atoms with Crippen LogP contribution < -0.4 is 0 Å². The number of carbonyl (C=O) groups excluding carboxylic acids is 2. The molecule has 10 unspecified atom stereocenters. The molecule has 504 valence electrons. The Labute approximate surface area is 506 Å². The molecule has 0 aromatic carbocycles. The van der Waals surface area contributed by atoms with Crippen LogP contribution in [0.1, 0.15) is 83.5 Å². The number of rotatable bonds is 19. The van der Waals surface area contributed by atoms with Crippen molar-refractivity contribution in [2.24, 2.45) is 23.7 Å². The first-order chi connectivity index (χ1) is 41.9. The third-order valence-electron chi connectivity index (χ3n) is 19.0. The summed E-state index contributed by atoms with van der Waals surface area (Å²) in [7, 11) is 0. The van der Waals surface area contributed by atoms with Crippen LogP contribution in [0.4, 0.5) is 0 Å². The van der Waals surface area contributed by atoms with Crippen LogP contribution in [-0.2, 0) is 61.7 Å². The molecule has 31 heteroatoms. The molecule has 5 saturated heterocycles. The van der Waals surface area contributed by atoms with E-state index in [-0.39, 0.29) is 43.9 Å². The third-order valence-corrected chi connectivity index (χ3v) is 19.0. The van der Waals surface area contributed by atoms with Crippen LogP contribution in [0.25, 0.3) is 0 Å². The van der Waals surface area contributed by atoms with Crippen LogP contribution in [0.3, 0.4) is 0 Å². The zero-order chi connectivity index (χ0) is 63.4. The van der Waals surface area contributed by atoms with Crippen molar-refractivity contribution in [3.63, 3.8) is 0 Å². The lowest BCUT2D eigenvalue weighted by Gasteiger charge is -2.53. The van der Waals surface area contributed by atoms with Crippen molar-refractivity contribution in [3.8, 4) is 0 Å². The van der Waals surface area contributed by atoms with Crippen LogP contribution in [0.2, 0.25) is 0 Å². The summed E-state index contributed by atoms with van der Waals surface area (Å²) in [5.74, 6) is -3.58. The second-order valence-electron chi connectivity index (χ2n) is 25.1. The van der Waals surface area contributed by atoms with Gasteiger partial charge in [0, 0.05) is 30.9 Å². The molecule has 30 atom stereocenters. The van der Waals surface area contributed by atoms with E-state index in [1.54, 1.807) is 12.2 Å². The van der Waals surface area contributed by atoms with Crippen LogP contribution in [0, 0.1) is 23.7 Å². The standard InChI is InChI=1S/C57H90O31/c58-18-34-41(66)45(70)49(74)54(85-34)80-27-15-29(62)28-17-33(84-57-50(75)46(71)42(67)35(19-59)86-57)53(81-30(28)16-27)24-13-31(82-55-51(76)47(72)43(68)36(87-55)20-78-38(63)11-5-22-1-7-25(60)8-2-22)40(65)32(14-24)83-56-52(77)48(73)44(69)37(88-56)21-79-39(64)12-6-23-3-9-26(61)10-4-23/h5-6,11-12,22-37,40-62,65-77H,1-4,7-10,13-21H2/t22?,23?,24?,25?,26?,27?,28?,29?,30?,31?,32?,33?,34-,35-,36-,37-,40?,41-,42-,43-,44-,45+,46+,47+,48+,49-,50-,51-,52+,53?,54-,55-,56+,57-/m0/s1. The Balaban J connectivity index is 0.985. The smallest absolute Gasteiger partial charge is 0.330 e. The highest BCUT2D eigenvalue weighted by Gasteiger charge is 2.57. The fourth-order valence-electron chi connectivity index (χ4n) is 13.6. The number of hydrogen-bond donors (Lipinski definition) is 18. The van der Waals surface area contributed by atoms with Gasteiger partial charge in [-0.05, 0) is 88.4 Å². The Morgan fingerprint density at radius 2 is 0.761 bits per heavy atom. The van der Waals surface area contributed by atoms with Crippen molar-refractivity contribution in [1.82, 2.24) is 0 Å². The summed E-state index contributed by atoms with van der Waals surface area (Å²) in [6.07, 6.45) is -38.5. The maximum Gasteiger partial charge on any atom is 0.330 e. The highest BCUT2D eigenvalue weighted by atomic mass is 16.7. The van der Waals surface area contributed by atoms with Gasteiger partial charge >= 0.3 is 11.9 Å². The zero-order valence-electron chi connectivity index (χ0n) is 48.3. The Morgan fingerprint density at radius 3 is 1.17 bits per heavy atom. The number of aliphatic hydroxyl groups is 18. The molecule has 0 radical (unpaired) electrons. The molecule has 0 bridgehead atoms. The maximum atomic E-state index is 12.9. The number of ether oxygens (including phenoxy) is 11. The predicted molar refractivity (Wildman–Crippen MR) is 287 cm³/mol. The van der Waals surface area contributed by atoms with Gasteiger partial charge in [-0.2, -0.15) is 0 Å². The summed E-state index contributed by atoms with van der Waals surface area (Å²) >= 11 is 0. The number of allylic oxidation sites excluding steroid dienone is 2. The molecule has 0 aromatic rings. The van der Waals surface area contributed by atoms with E-state index >= 15 is 0 Å². The number of aliphatic hydroxyl groups excluding tert-OH is 18. The van der Waals surface area contributed by atoms with E-state index in [9.17, 15) is 102 Å². The number of fused-ring (bicyclic) bond motifs is 1. The van der Waals surface area contributed by atoms with Crippen molar-refractivity contribution in [2.75, 3.05) is 26.4 Å². The molecule has 9 aliphatic rings. The maximum absolute atomic E-state index is 12.9. The first-order valence-electron chi connectivity index (χ1n) is 30.6. The van der Waals surface area contributed by atoms with E-state index < -0.39 is 234 Å². The molecule has 9 fully saturated rings. The quantitative estimate of drug-likeness (QED) is 0.0422. The average Bonchev–Trinajstić information content (AvgIpc) is 1.49. The molecule has 0 spiro atoms. The topological polar surface area (TPSA) is 500 Å². The minimum absolute atomic E-state index is 0.00630. The molecule has 0 amide bonds. The number of hydrogen-bond acceptors (Lipinski definition) is 31. The molecule has 5 aliphatic heterocycles. The van der Waals surface area contributed by atoms with Crippen LogP contribution in [-0.4, -0.2) is 314 Å². The van der Waals surface area contributed by atoms with Gasteiger partial charge in [0.1, 0.15) is 117 Å². The molecule has 18 N–H and O–H groups in total. The zero-order valence-corrected chi connectivity index (χ0v) is 48.3. The van der Waals surface area contributed by atoms with E-state index in [4.69, 9.17) is 52.1 Å². The minimum Gasteiger partial charge on any atom is -0.460 e. The van der Waals surface area contributed by atoms with Crippen molar-refractivity contribution >= 4 is 11.9 Å². The Morgan fingerprint density at radius 1 is 0.386 bits per heavy atom. The molecule has 4 saturated carbocycles. The molecule has 5 heterocycles. The number of carbonyl (C=O) groups is 2. The van der Waals surface area contributed by atoms with Gasteiger partial charge in [0.25, 0.3) is 0 Å². The first-order valence-corrected chi connectivity index (χ1v) is 30.6. The van der Waals surface area contributed by atoms with Crippen molar-refractivity contribution < 1.29 is 154 Å². The van der Waals surface area contributed by atoms with E-state index in [2.05, 4.69) is 0 Å². The van der Waals surface area contributed by atoms with Gasteiger partial charge in [0.05, 0.1) is 68.1 Å². The van der Waals surface area contributed by atoms with E-state index in [0.29, 0.717) is 51.4 Å². The fourth-order valence-corrected chi connectivity index (χ4v) is 13.6. The lowest BCUT2D eigenvalue weighted by molar-refractivity contribution is -0.351. The van der Waals surface area contributed by atoms with Gasteiger partial charge in [-0.1, -0.05) is 12.2 Å². The Hall–Kier alpha value is -2.66. The van der Waals surface area contributed by atoms with Crippen LogP contribution >= 0.6 is 0 Å². The summed E-state index contributed by atoms with van der Waals surface area (Å²) in [6, 6.07) is 0. The van der Waals surface area contributed by atoms with Gasteiger partial charge < -0.3 is 144 Å². The first kappa shape index (κ1) is 69.7. The van der Waals surface area contributed by atoms with Crippen molar-refractivity contribution in [1.29, 1.82) is 0 Å². The van der Waals surface area contributed by atoms with E-state index in [1.807, 2.05) is 0 Å². The van der Waals surface area contributed by atoms with Gasteiger partial charge in [-0.3, -0.25) is 0 Å². The SMILES string of the molecule is O=C(C=CC1CCC(O)CC1)OC[C@@H]1O[C@@H](OC2CC(C3OC4CC(O[C@H]5O[C@@H](CO)[C@H](O)[C@@H](O)[C@@H]5O)CC(O)C4CC3O[C@H]3O[C@@H](CO)[C@H](O)[C@@H](O)[C@@H]3O)CC(O[C@H]3O[C@@H](COC(=O)C=CC4CCC(O)CC4)[C@H](O)[C@@H](O)[C@@H]3O)C2O)[C@H](O)[C@H](O)[C@H]1O. The highest BCUT2D eigenvalue weighted by Crippen LogP contribution is 2.46. The fraction of sp³-hybridized carbons (Fsp3) is 0.895. The van der Waals surface area contributed by atoms with Crippen molar-refractivity contribution in [2.45, 2.75) is 267 Å². The van der Waals surface area contributed by atoms with Gasteiger partial charge in [0.2, 0.25) is 0 Å². The van der Waals surface area contributed by atoms with Gasteiger partial charge in [0.15, 0.2) is 25.2 Å². The van der Waals surface area contributed by atoms with Crippen molar-refractivity contribution in [3.05, 3.63) is 24.3 Å². The molecule has 0 aromatic heterocycles. The van der Waals surface area contributed by atoms with Gasteiger partial charge in [-0.15, -0.1) is 0 Å². The molecule has 9 rings (SSSR count). The van der Waals surface area contributed by atoms with E-state index in [1.165, 1.54) is 12.2 Å². The van der Waals surface area contributed by atoms with E-state index in [0.717, 1.165) is 0 Å². The Kier molecular flexibility index (Phi) is 24.6. The summed E-state index contributed by atoms with van der Waals surface area (Å²) in [5, 5.41) is 196.